The average Bonchev–Trinajstić information content (AvgIpc) is 3.09. The van der Waals surface area contributed by atoms with Crippen molar-refractivity contribution in [2.45, 2.75) is 6.92 Å². The van der Waals surface area contributed by atoms with Crippen LogP contribution in [0.4, 0.5) is 5.13 Å². The number of esters is 1. The molecule has 6 heteroatoms. The van der Waals surface area contributed by atoms with E-state index in [1.807, 2.05) is 47.8 Å². The molecule has 0 bridgehead atoms. The Morgan fingerprint density at radius 3 is 2.32 bits per heavy atom. The number of nitrogens with one attached hydrogen (secondary N) is 1. The molecule has 1 aromatic heterocycles. The molecule has 0 saturated heterocycles. The van der Waals surface area contributed by atoms with E-state index >= 15 is 0 Å². The van der Waals surface area contributed by atoms with Crippen molar-refractivity contribution in [1.82, 2.24) is 4.98 Å². The summed E-state index contributed by atoms with van der Waals surface area (Å²) in [6.07, 6.45) is 0. The summed E-state index contributed by atoms with van der Waals surface area (Å²) in [5.41, 5.74) is 4.05. The SMILES string of the molecule is CC(=O)OCC(=O)Nc1nc(-c2ccc(-c3ccccc3)cc2)cs1. The van der Waals surface area contributed by atoms with E-state index in [0.29, 0.717) is 5.13 Å². The van der Waals surface area contributed by atoms with Crippen molar-refractivity contribution in [1.29, 1.82) is 0 Å². The molecule has 5 nitrogen and oxygen atoms in total. The minimum Gasteiger partial charge on any atom is -0.456 e. The van der Waals surface area contributed by atoms with Crippen LogP contribution >= 0.6 is 11.3 Å². The number of anilines is 1. The van der Waals surface area contributed by atoms with E-state index in [0.717, 1.165) is 22.4 Å². The second-order valence-electron chi connectivity index (χ2n) is 5.31. The highest BCUT2D eigenvalue weighted by molar-refractivity contribution is 7.14. The summed E-state index contributed by atoms with van der Waals surface area (Å²) in [6, 6.07) is 18.2. The van der Waals surface area contributed by atoms with Gasteiger partial charge >= 0.3 is 5.97 Å². The van der Waals surface area contributed by atoms with Crippen molar-refractivity contribution < 1.29 is 14.3 Å². The number of rotatable bonds is 5. The first kappa shape index (κ1) is 16.9. The van der Waals surface area contributed by atoms with Crippen LogP contribution in [-0.2, 0) is 14.3 Å². The highest BCUT2D eigenvalue weighted by Gasteiger charge is 2.09. The van der Waals surface area contributed by atoms with E-state index in [9.17, 15) is 9.59 Å². The van der Waals surface area contributed by atoms with Gasteiger partial charge in [0.25, 0.3) is 5.91 Å². The zero-order valence-corrected chi connectivity index (χ0v) is 14.4. The van der Waals surface area contributed by atoms with Gasteiger partial charge in [0.1, 0.15) is 0 Å². The fourth-order valence-corrected chi connectivity index (χ4v) is 2.99. The highest BCUT2D eigenvalue weighted by atomic mass is 32.1. The van der Waals surface area contributed by atoms with Gasteiger partial charge in [-0.15, -0.1) is 11.3 Å². The predicted octanol–water partition coefficient (Wildman–Crippen LogP) is 3.98. The molecule has 0 spiro atoms. The zero-order chi connectivity index (χ0) is 17.6. The molecule has 0 aliphatic heterocycles. The van der Waals surface area contributed by atoms with Gasteiger partial charge in [-0.25, -0.2) is 4.98 Å². The monoisotopic (exact) mass is 352 g/mol. The largest absolute Gasteiger partial charge is 0.456 e. The van der Waals surface area contributed by atoms with Crippen LogP contribution in [0.25, 0.3) is 22.4 Å². The summed E-state index contributed by atoms with van der Waals surface area (Å²) >= 11 is 1.32. The Morgan fingerprint density at radius 1 is 1.00 bits per heavy atom. The quantitative estimate of drug-likeness (QED) is 0.705. The number of thiazole rings is 1. The number of amides is 1. The lowest BCUT2D eigenvalue weighted by atomic mass is 10.0. The van der Waals surface area contributed by atoms with Crippen LogP contribution in [-0.4, -0.2) is 23.5 Å². The molecule has 1 heterocycles. The number of nitrogens with zero attached hydrogens (tertiary/aromatic N) is 1. The number of carbonyl (C=O) groups is 2. The molecule has 1 amide bonds. The zero-order valence-electron chi connectivity index (χ0n) is 13.6. The molecule has 3 aromatic rings. The minimum absolute atomic E-state index is 0.310. The van der Waals surface area contributed by atoms with Crippen molar-refractivity contribution in [3.63, 3.8) is 0 Å². The molecule has 0 aliphatic rings. The number of hydrogen-bond donors (Lipinski definition) is 1. The van der Waals surface area contributed by atoms with Gasteiger partial charge < -0.3 is 4.74 Å². The van der Waals surface area contributed by atoms with E-state index in [2.05, 4.69) is 27.2 Å². The predicted molar refractivity (Wildman–Crippen MR) is 98.2 cm³/mol. The van der Waals surface area contributed by atoms with Crippen molar-refractivity contribution in [3.05, 3.63) is 60.0 Å². The molecule has 0 aliphatic carbocycles. The van der Waals surface area contributed by atoms with E-state index < -0.39 is 11.9 Å². The lowest BCUT2D eigenvalue weighted by molar-refractivity contribution is -0.144. The van der Waals surface area contributed by atoms with Crippen LogP contribution in [0.15, 0.2) is 60.0 Å². The summed E-state index contributed by atoms with van der Waals surface area (Å²) in [7, 11) is 0. The normalized spacial score (nSPS) is 10.3. The molecule has 1 N–H and O–H groups in total. The molecule has 25 heavy (non-hydrogen) atoms. The number of carbonyl (C=O) groups excluding carboxylic acids is 2. The van der Waals surface area contributed by atoms with Gasteiger partial charge in [0.15, 0.2) is 11.7 Å². The van der Waals surface area contributed by atoms with Gasteiger partial charge in [-0.05, 0) is 11.1 Å². The Morgan fingerprint density at radius 2 is 1.64 bits per heavy atom. The Balaban J connectivity index is 1.68. The van der Waals surface area contributed by atoms with Gasteiger partial charge in [0, 0.05) is 17.9 Å². The maximum atomic E-state index is 11.6. The molecule has 126 valence electrons. The number of aromatic nitrogens is 1. The first-order chi connectivity index (χ1) is 12.1. The summed E-state index contributed by atoms with van der Waals surface area (Å²) in [5.74, 6) is -0.899. The lowest BCUT2D eigenvalue weighted by Gasteiger charge is -2.03. The second-order valence-corrected chi connectivity index (χ2v) is 6.17. The van der Waals surface area contributed by atoms with Crippen molar-refractivity contribution in [2.24, 2.45) is 0 Å². The third-order valence-electron chi connectivity index (χ3n) is 3.44. The molecule has 0 atom stereocenters. The summed E-state index contributed by atoms with van der Waals surface area (Å²) in [5, 5.41) is 4.96. The fraction of sp³-hybridized carbons (Fsp3) is 0.105. The van der Waals surface area contributed by atoms with Crippen LogP contribution in [0.5, 0.6) is 0 Å². The maximum Gasteiger partial charge on any atom is 0.303 e. The molecule has 3 rings (SSSR count). The van der Waals surface area contributed by atoms with Crippen molar-refractivity contribution in [2.75, 3.05) is 11.9 Å². The van der Waals surface area contributed by atoms with Crippen molar-refractivity contribution >= 4 is 28.3 Å². The van der Waals surface area contributed by atoms with Crippen LogP contribution in [0, 0.1) is 0 Å². The molecule has 0 fully saturated rings. The molecule has 0 radical (unpaired) electrons. The highest BCUT2D eigenvalue weighted by Crippen LogP contribution is 2.27. The number of ether oxygens (including phenoxy) is 1. The van der Waals surface area contributed by atoms with Gasteiger partial charge in [-0.3, -0.25) is 14.9 Å². The van der Waals surface area contributed by atoms with Gasteiger partial charge in [0.2, 0.25) is 0 Å². The van der Waals surface area contributed by atoms with Gasteiger partial charge in [-0.1, -0.05) is 54.6 Å². The Kier molecular flexibility index (Phi) is 5.20. The van der Waals surface area contributed by atoms with E-state index in [4.69, 9.17) is 0 Å². The smallest absolute Gasteiger partial charge is 0.303 e. The second kappa shape index (κ2) is 7.72. The Hall–Kier alpha value is -2.99. The standard InChI is InChI=1S/C19H16N2O3S/c1-13(22)24-11-18(23)21-19-20-17(12-25-19)16-9-7-15(8-10-16)14-5-3-2-4-6-14/h2-10,12H,11H2,1H3,(H,20,21,23). The number of hydrogen-bond acceptors (Lipinski definition) is 5. The molecule has 0 unspecified atom stereocenters. The van der Waals surface area contributed by atoms with Crippen LogP contribution in [0.3, 0.4) is 0 Å². The molecule has 2 aromatic carbocycles. The fourth-order valence-electron chi connectivity index (χ4n) is 2.25. The Bertz CT molecular complexity index is 873. The molecule has 0 saturated carbocycles. The van der Waals surface area contributed by atoms with Crippen LogP contribution < -0.4 is 5.32 Å². The summed E-state index contributed by atoms with van der Waals surface area (Å²) in [6.45, 7) is 0.948. The van der Waals surface area contributed by atoms with E-state index in [-0.39, 0.29) is 6.61 Å². The minimum atomic E-state index is -0.492. The third-order valence-corrected chi connectivity index (χ3v) is 4.20. The molecular formula is C19H16N2O3S. The van der Waals surface area contributed by atoms with Crippen molar-refractivity contribution in [3.8, 4) is 22.4 Å². The summed E-state index contributed by atoms with van der Waals surface area (Å²) < 4.78 is 4.65. The van der Waals surface area contributed by atoms with Crippen LogP contribution in [0.2, 0.25) is 0 Å². The maximum absolute atomic E-state index is 11.6. The lowest BCUT2D eigenvalue weighted by Crippen LogP contribution is -2.19. The first-order valence-corrected chi connectivity index (χ1v) is 8.54. The topological polar surface area (TPSA) is 68.3 Å². The van der Waals surface area contributed by atoms with Gasteiger partial charge in [0.05, 0.1) is 5.69 Å². The molecular weight excluding hydrogens is 336 g/mol. The number of benzene rings is 2. The van der Waals surface area contributed by atoms with E-state index in [1.54, 1.807) is 0 Å². The van der Waals surface area contributed by atoms with Crippen LogP contribution in [0.1, 0.15) is 6.92 Å². The third kappa shape index (κ3) is 4.51. The first-order valence-electron chi connectivity index (χ1n) is 7.66. The summed E-state index contributed by atoms with van der Waals surface area (Å²) in [4.78, 5) is 26.7. The average molecular weight is 352 g/mol. The van der Waals surface area contributed by atoms with Gasteiger partial charge in [-0.2, -0.15) is 0 Å². The van der Waals surface area contributed by atoms with E-state index in [1.165, 1.54) is 18.3 Å². The Labute approximate surface area is 149 Å².